The Hall–Kier alpha value is -6.78. The number of hydrogen-bond acceptors (Lipinski definition) is 2. The minimum Gasteiger partial charge on any atom is -0.309 e. The van der Waals surface area contributed by atoms with E-state index in [1.807, 2.05) is 12.3 Å². The number of para-hydroxylation sites is 4. The monoisotopic (exact) mass is 636 g/mol. The van der Waals surface area contributed by atoms with Crippen molar-refractivity contribution in [3.63, 3.8) is 0 Å². The van der Waals surface area contributed by atoms with E-state index in [4.69, 9.17) is 9.97 Å². The summed E-state index contributed by atoms with van der Waals surface area (Å²) in [6.45, 7) is 0. The molecule has 7 aromatic carbocycles. The normalized spacial score (nSPS) is 12.0. The maximum Gasteiger partial charge on any atom is 0.148 e. The maximum absolute atomic E-state index is 5.14. The van der Waals surface area contributed by atoms with Crippen LogP contribution in [0.5, 0.6) is 0 Å². The van der Waals surface area contributed by atoms with Gasteiger partial charge >= 0.3 is 0 Å². The first-order valence-electron chi connectivity index (χ1n) is 17.0. The highest BCUT2D eigenvalue weighted by atomic mass is 15.0. The van der Waals surface area contributed by atoms with Gasteiger partial charge in [0.2, 0.25) is 0 Å². The molecular weight excluding hydrogens is 609 g/mol. The summed E-state index contributed by atoms with van der Waals surface area (Å²) in [5.74, 6) is 0. The first-order valence-corrected chi connectivity index (χ1v) is 17.0. The second kappa shape index (κ2) is 10.4. The number of fused-ring (bicyclic) bond motifs is 13. The van der Waals surface area contributed by atoms with Crippen LogP contribution in [0.2, 0.25) is 0 Å². The molecule has 11 aromatic rings. The van der Waals surface area contributed by atoms with Gasteiger partial charge in [-0.2, -0.15) is 0 Å². The predicted octanol–water partition coefficient (Wildman–Crippen LogP) is 11.8. The van der Waals surface area contributed by atoms with E-state index in [1.165, 1.54) is 55.1 Å². The zero-order chi connectivity index (χ0) is 32.8. The molecule has 4 heteroatoms. The third-order valence-corrected chi connectivity index (χ3v) is 10.3. The third kappa shape index (κ3) is 3.87. The second-order valence-electron chi connectivity index (χ2n) is 13.1. The number of pyridine rings is 2. The summed E-state index contributed by atoms with van der Waals surface area (Å²) in [6.07, 6.45) is 1.88. The zero-order valence-electron chi connectivity index (χ0n) is 27.0. The van der Waals surface area contributed by atoms with Crippen LogP contribution in [0.1, 0.15) is 0 Å². The van der Waals surface area contributed by atoms with Crippen LogP contribution in [-0.2, 0) is 0 Å². The Labute approximate surface area is 287 Å². The number of aromatic nitrogens is 4. The first kappa shape index (κ1) is 27.2. The lowest BCUT2D eigenvalue weighted by Crippen LogP contribution is -1.94. The van der Waals surface area contributed by atoms with Crippen LogP contribution in [0.3, 0.4) is 0 Å². The van der Waals surface area contributed by atoms with Crippen molar-refractivity contribution in [2.45, 2.75) is 0 Å². The minimum absolute atomic E-state index is 0.943. The minimum atomic E-state index is 0.943. The summed E-state index contributed by atoms with van der Waals surface area (Å²) >= 11 is 0. The van der Waals surface area contributed by atoms with Crippen molar-refractivity contribution in [3.05, 3.63) is 170 Å². The van der Waals surface area contributed by atoms with E-state index in [-0.39, 0.29) is 0 Å². The highest BCUT2D eigenvalue weighted by Gasteiger charge is 2.17. The molecule has 50 heavy (non-hydrogen) atoms. The lowest BCUT2D eigenvalue weighted by molar-refractivity contribution is 1.18. The molecule has 0 bridgehead atoms. The van der Waals surface area contributed by atoms with E-state index in [2.05, 4.69) is 167 Å². The van der Waals surface area contributed by atoms with Crippen LogP contribution in [0.4, 0.5) is 0 Å². The average molecular weight is 637 g/mol. The molecule has 0 atom stereocenters. The summed E-state index contributed by atoms with van der Waals surface area (Å²) in [5.41, 5.74) is 13.5. The Morgan fingerprint density at radius 2 is 1.06 bits per heavy atom. The van der Waals surface area contributed by atoms with Gasteiger partial charge in [-0.3, -0.25) is 9.38 Å². The Balaban J connectivity index is 1.06. The molecule has 0 N–H and O–H groups in total. The van der Waals surface area contributed by atoms with E-state index in [0.29, 0.717) is 0 Å². The molecule has 232 valence electrons. The van der Waals surface area contributed by atoms with Crippen LogP contribution in [0.25, 0.3) is 99.0 Å². The summed E-state index contributed by atoms with van der Waals surface area (Å²) < 4.78 is 4.67. The number of rotatable bonds is 3. The van der Waals surface area contributed by atoms with Gasteiger partial charge in [0.25, 0.3) is 0 Å². The average Bonchev–Trinajstić information content (AvgIpc) is 3.74. The molecule has 0 aliphatic heterocycles. The van der Waals surface area contributed by atoms with Gasteiger partial charge in [-0.1, -0.05) is 103 Å². The molecule has 11 rings (SSSR count). The fourth-order valence-corrected chi connectivity index (χ4v) is 8.02. The molecule has 0 aliphatic rings. The number of benzene rings is 7. The first-order chi connectivity index (χ1) is 24.8. The predicted molar refractivity (Wildman–Crippen MR) is 208 cm³/mol. The van der Waals surface area contributed by atoms with Crippen molar-refractivity contribution in [3.8, 4) is 27.9 Å². The molecule has 4 aromatic heterocycles. The van der Waals surface area contributed by atoms with Crippen LogP contribution in [0, 0.1) is 0 Å². The van der Waals surface area contributed by atoms with Crippen molar-refractivity contribution in [1.29, 1.82) is 0 Å². The number of hydrogen-bond donors (Lipinski definition) is 0. The Morgan fingerprint density at radius 1 is 0.420 bits per heavy atom. The van der Waals surface area contributed by atoms with Gasteiger partial charge < -0.3 is 4.57 Å². The van der Waals surface area contributed by atoms with Crippen LogP contribution in [0.15, 0.2) is 170 Å². The lowest BCUT2D eigenvalue weighted by Gasteiger charge is -2.13. The maximum atomic E-state index is 5.14. The highest BCUT2D eigenvalue weighted by molar-refractivity contribution is 6.22. The van der Waals surface area contributed by atoms with Gasteiger partial charge in [-0.25, -0.2) is 4.98 Å². The topological polar surface area (TPSA) is 35.1 Å². The van der Waals surface area contributed by atoms with E-state index in [0.717, 1.165) is 43.9 Å². The Morgan fingerprint density at radius 3 is 1.86 bits per heavy atom. The quantitative estimate of drug-likeness (QED) is 0.181. The summed E-state index contributed by atoms with van der Waals surface area (Å²) in [4.78, 5) is 9.99. The van der Waals surface area contributed by atoms with Gasteiger partial charge in [-0.15, -0.1) is 0 Å². The molecule has 4 nitrogen and oxygen atoms in total. The van der Waals surface area contributed by atoms with Gasteiger partial charge in [-0.05, 0) is 88.3 Å². The standard InChI is InChI=1S/C46H28N4/c1-2-10-34(11-3-1)49-40-14-6-4-12-35(40)37-27-32(21-24-41(37)49)29-16-18-30(19-17-29)33-22-25-42-38(28-33)36-23-20-31-9-8-26-47-45(31)44(36)46-48-39-13-5-7-15-43(39)50(42)46/h1-28H. The smallest absolute Gasteiger partial charge is 0.148 e. The second-order valence-corrected chi connectivity index (χ2v) is 13.1. The summed E-state index contributed by atoms with van der Waals surface area (Å²) in [5, 5.41) is 7.07. The summed E-state index contributed by atoms with van der Waals surface area (Å²) in [6, 6.07) is 58.9. The number of nitrogens with zero attached hydrogens (tertiary/aromatic N) is 4. The molecule has 0 spiro atoms. The van der Waals surface area contributed by atoms with Crippen LogP contribution in [-0.4, -0.2) is 18.9 Å². The van der Waals surface area contributed by atoms with Crippen molar-refractivity contribution in [2.75, 3.05) is 0 Å². The zero-order valence-corrected chi connectivity index (χ0v) is 27.0. The summed E-state index contributed by atoms with van der Waals surface area (Å²) in [7, 11) is 0. The van der Waals surface area contributed by atoms with E-state index in [9.17, 15) is 0 Å². The fourth-order valence-electron chi connectivity index (χ4n) is 8.02. The van der Waals surface area contributed by atoms with Crippen molar-refractivity contribution < 1.29 is 0 Å². The molecule has 0 fully saturated rings. The highest BCUT2D eigenvalue weighted by Crippen LogP contribution is 2.39. The molecule has 0 aliphatic carbocycles. The molecule has 0 radical (unpaired) electrons. The Bertz CT molecular complexity index is 3130. The largest absolute Gasteiger partial charge is 0.309 e. The van der Waals surface area contributed by atoms with Gasteiger partial charge in [0, 0.05) is 33.4 Å². The van der Waals surface area contributed by atoms with Gasteiger partial charge in [0.05, 0.1) is 38.5 Å². The molecular formula is C46H28N4. The SMILES string of the molecule is c1ccc(-n2c3ccccc3c3cc(-c4ccc(-c5ccc6c(c5)c5ccc7cccnc7c5c5nc7ccccc7n65)cc4)ccc32)cc1. The van der Waals surface area contributed by atoms with Gasteiger partial charge in [0.1, 0.15) is 5.65 Å². The van der Waals surface area contributed by atoms with E-state index in [1.54, 1.807) is 0 Å². The lowest BCUT2D eigenvalue weighted by atomic mass is 9.96. The molecule has 4 heterocycles. The third-order valence-electron chi connectivity index (χ3n) is 10.3. The van der Waals surface area contributed by atoms with Crippen LogP contribution < -0.4 is 0 Å². The van der Waals surface area contributed by atoms with Crippen LogP contribution >= 0.6 is 0 Å². The number of imidazole rings is 1. The molecule has 0 saturated carbocycles. The van der Waals surface area contributed by atoms with E-state index >= 15 is 0 Å². The fraction of sp³-hybridized carbons (Fsp3) is 0. The molecule has 0 amide bonds. The van der Waals surface area contributed by atoms with Crippen molar-refractivity contribution in [2.24, 2.45) is 0 Å². The molecule has 0 unspecified atom stereocenters. The molecule has 0 saturated heterocycles. The van der Waals surface area contributed by atoms with E-state index < -0.39 is 0 Å². The van der Waals surface area contributed by atoms with Crippen molar-refractivity contribution >= 4 is 71.1 Å². The van der Waals surface area contributed by atoms with Crippen molar-refractivity contribution in [1.82, 2.24) is 18.9 Å². The Kier molecular flexibility index (Phi) is 5.63. The van der Waals surface area contributed by atoms with Gasteiger partial charge in [0.15, 0.2) is 0 Å².